The Morgan fingerprint density at radius 1 is 1.12 bits per heavy atom. The van der Waals surface area contributed by atoms with Gasteiger partial charge in [-0.05, 0) is 31.5 Å². The first-order valence-corrected chi connectivity index (χ1v) is 10.1. The monoisotopic (exact) mass is 434 g/mol. The van der Waals surface area contributed by atoms with Crippen LogP contribution in [-0.2, 0) is 9.59 Å². The van der Waals surface area contributed by atoms with E-state index in [-0.39, 0.29) is 17.2 Å². The van der Waals surface area contributed by atoms with Crippen LogP contribution in [-0.4, -0.2) is 35.7 Å². The number of aliphatic hydroxyl groups is 1. The van der Waals surface area contributed by atoms with E-state index in [1.807, 2.05) is 6.92 Å². The molecule has 1 amide bonds. The second-order valence-corrected chi connectivity index (χ2v) is 7.17. The molecule has 1 N–H and O–H groups in total. The number of ketones is 1. The number of carbonyl (C=O) groups excluding carboxylic acids is 2. The van der Waals surface area contributed by atoms with E-state index in [2.05, 4.69) is 5.16 Å². The average Bonchev–Trinajstić information content (AvgIpc) is 3.35. The molecule has 2 aromatic carbocycles. The van der Waals surface area contributed by atoms with Gasteiger partial charge in [0.1, 0.15) is 11.5 Å². The van der Waals surface area contributed by atoms with Crippen LogP contribution in [0.5, 0.6) is 11.5 Å². The molecule has 1 aromatic heterocycles. The van der Waals surface area contributed by atoms with Crippen molar-refractivity contribution in [3.8, 4) is 11.5 Å². The maximum absolute atomic E-state index is 13.1. The highest BCUT2D eigenvalue weighted by Crippen LogP contribution is 2.43. The van der Waals surface area contributed by atoms with Crippen LogP contribution >= 0.6 is 0 Å². The third-order valence-electron chi connectivity index (χ3n) is 5.16. The molecule has 0 radical (unpaired) electrons. The highest BCUT2D eigenvalue weighted by Gasteiger charge is 2.48. The van der Waals surface area contributed by atoms with Gasteiger partial charge in [0.15, 0.2) is 17.3 Å². The summed E-state index contributed by atoms with van der Waals surface area (Å²) in [4.78, 5) is 27.4. The summed E-state index contributed by atoms with van der Waals surface area (Å²) < 4.78 is 16.2. The minimum atomic E-state index is -0.940. The molecule has 1 fully saturated rings. The maximum atomic E-state index is 13.1. The van der Waals surface area contributed by atoms with Crippen molar-refractivity contribution in [2.75, 3.05) is 18.6 Å². The van der Waals surface area contributed by atoms with Gasteiger partial charge in [-0.3, -0.25) is 14.5 Å². The molecule has 1 aliphatic heterocycles. The number of anilines is 1. The number of rotatable bonds is 6. The summed E-state index contributed by atoms with van der Waals surface area (Å²) >= 11 is 0. The summed E-state index contributed by atoms with van der Waals surface area (Å²) in [5.74, 6) is -0.285. The summed E-state index contributed by atoms with van der Waals surface area (Å²) in [6.07, 6.45) is 0. The second kappa shape index (κ2) is 8.58. The fraction of sp³-hybridized carbons (Fsp3) is 0.208. The Hall–Kier alpha value is -4.07. The minimum absolute atomic E-state index is 0.0481. The van der Waals surface area contributed by atoms with Crippen molar-refractivity contribution in [3.05, 3.63) is 77.1 Å². The van der Waals surface area contributed by atoms with Crippen LogP contribution in [0, 0.1) is 6.92 Å². The lowest BCUT2D eigenvalue weighted by Gasteiger charge is -2.23. The Morgan fingerprint density at radius 2 is 1.88 bits per heavy atom. The lowest BCUT2D eigenvalue weighted by molar-refractivity contribution is -0.132. The number of nitrogens with zero attached hydrogens (tertiary/aromatic N) is 2. The fourth-order valence-corrected chi connectivity index (χ4v) is 3.73. The molecule has 164 valence electrons. The van der Waals surface area contributed by atoms with Gasteiger partial charge in [-0.2, -0.15) is 0 Å². The minimum Gasteiger partial charge on any atom is -0.507 e. The van der Waals surface area contributed by atoms with E-state index in [4.69, 9.17) is 14.0 Å². The first-order chi connectivity index (χ1) is 15.5. The number of Topliss-reactive ketones (excluding diaryl/α,β-unsaturated/α-hetero) is 1. The van der Waals surface area contributed by atoms with Crippen molar-refractivity contribution in [1.82, 2.24) is 5.16 Å². The van der Waals surface area contributed by atoms with E-state index in [0.717, 1.165) is 0 Å². The Labute approximate surface area is 184 Å². The van der Waals surface area contributed by atoms with E-state index in [9.17, 15) is 14.7 Å². The highest BCUT2D eigenvalue weighted by atomic mass is 16.5. The van der Waals surface area contributed by atoms with Crippen LogP contribution in [0.4, 0.5) is 5.82 Å². The van der Waals surface area contributed by atoms with Crippen LogP contribution in [0.1, 0.15) is 29.9 Å². The number of aryl methyl sites for hydroxylation is 1. The molecule has 0 aliphatic carbocycles. The van der Waals surface area contributed by atoms with Crippen LogP contribution in [0.25, 0.3) is 5.76 Å². The second-order valence-electron chi connectivity index (χ2n) is 7.17. The van der Waals surface area contributed by atoms with Gasteiger partial charge in [0.2, 0.25) is 0 Å². The lowest BCUT2D eigenvalue weighted by atomic mass is 9.95. The van der Waals surface area contributed by atoms with E-state index in [1.165, 1.54) is 12.0 Å². The number of carbonyl (C=O) groups is 2. The number of ether oxygens (including phenoxy) is 2. The third kappa shape index (κ3) is 3.60. The van der Waals surface area contributed by atoms with Gasteiger partial charge in [-0.15, -0.1) is 0 Å². The number of hydrogen-bond acceptors (Lipinski definition) is 7. The van der Waals surface area contributed by atoms with Gasteiger partial charge >= 0.3 is 5.91 Å². The lowest BCUT2D eigenvalue weighted by Crippen LogP contribution is -2.29. The first-order valence-electron chi connectivity index (χ1n) is 10.1. The molecular formula is C24H22N2O6. The van der Waals surface area contributed by atoms with Gasteiger partial charge in [-0.1, -0.05) is 41.6 Å². The molecule has 8 heteroatoms. The van der Waals surface area contributed by atoms with Gasteiger partial charge < -0.3 is 19.1 Å². The van der Waals surface area contributed by atoms with Crippen molar-refractivity contribution in [1.29, 1.82) is 0 Å². The number of hydrogen-bond donors (Lipinski definition) is 1. The molecule has 0 spiro atoms. The molecule has 2 heterocycles. The van der Waals surface area contributed by atoms with Crippen molar-refractivity contribution in [3.63, 3.8) is 0 Å². The zero-order valence-electron chi connectivity index (χ0n) is 17.9. The Bertz CT molecular complexity index is 1200. The van der Waals surface area contributed by atoms with E-state index >= 15 is 0 Å². The number of benzene rings is 2. The Kier molecular flexibility index (Phi) is 5.68. The van der Waals surface area contributed by atoms with Gasteiger partial charge in [-0.25, -0.2) is 0 Å². The van der Waals surface area contributed by atoms with E-state index in [0.29, 0.717) is 35.0 Å². The van der Waals surface area contributed by atoms with Gasteiger partial charge in [0.25, 0.3) is 5.78 Å². The quantitative estimate of drug-likeness (QED) is 0.355. The summed E-state index contributed by atoms with van der Waals surface area (Å²) in [7, 11) is 1.50. The predicted molar refractivity (Wildman–Crippen MR) is 117 cm³/mol. The molecule has 0 saturated carbocycles. The average molecular weight is 434 g/mol. The number of amides is 1. The van der Waals surface area contributed by atoms with Crippen molar-refractivity contribution in [2.45, 2.75) is 19.9 Å². The van der Waals surface area contributed by atoms with E-state index in [1.54, 1.807) is 61.5 Å². The Balaban J connectivity index is 1.94. The normalized spacial score (nSPS) is 17.6. The summed E-state index contributed by atoms with van der Waals surface area (Å²) in [5, 5.41) is 15.0. The van der Waals surface area contributed by atoms with Crippen molar-refractivity contribution >= 4 is 23.3 Å². The van der Waals surface area contributed by atoms with Crippen molar-refractivity contribution < 1.29 is 28.7 Å². The van der Waals surface area contributed by atoms with Crippen LogP contribution in [0.15, 0.2) is 64.7 Å². The summed E-state index contributed by atoms with van der Waals surface area (Å²) in [6.45, 7) is 3.99. The fourth-order valence-electron chi connectivity index (χ4n) is 3.73. The maximum Gasteiger partial charge on any atom is 0.301 e. The zero-order chi connectivity index (χ0) is 22.8. The zero-order valence-corrected chi connectivity index (χ0v) is 17.9. The molecule has 3 aromatic rings. The smallest absolute Gasteiger partial charge is 0.301 e. The topological polar surface area (TPSA) is 102 Å². The molecule has 1 saturated heterocycles. The van der Waals surface area contributed by atoms with Crippen LogP contribution in [0.3, 0.4) is 0 Å². The first kappa shape index (κ1) is 21.2. The summed E-state index contributed by atoms with van der Waals surface area (Å²) in [5.41, 5.74) is 0.917. The molecule has 4 rings (SSSR count). The summed E-state index contributed by atoms with van der Waals surface area (Å²) in [6, 6.07) is 14.3. The largest absolute Gasteiger partial charge is 0.507 e. The number of aliphatic hydroxyl groups excluding tert-OH is 1. The molecule has 32 heavy (non-hydrogen) atoms. The van der Waals surface area contributed by atoms with Crippen molar-refractivity contribution in [2.24, 2.45) is 0 Å². The molecule has 0 bridgehead atoms. The number of aromatic nitrogens is 1. The van der Waals surface area contributed by atoms with Gasteiger partial charge in [0.05, 0.1) is 25.3 Å². The molecular weight excluding hydrogens is 412 g/mol. The SMILES string of the molecule is CCOc1ccc([C@@H]2C(=C(O)c3ccccc3)C(=O)C(=O)N2c2cc(C)on2)cc1OC. The van der Waals surface area contributed by atoms with Crippen LogP contribution < -0.4 is 14.4 Å². The van der Waals surface area contributed by atoms with E-state index < -0.39 is 17.7 Å². The van der Waals surface area contributed by atoms with Crippen LogP contribution in [0.2, 0.25) is 0 Å². The molecule has 1 atom stereocenters. The predicted octanol–water partition coefficient (Wildman–Crippen LogP) is 4.02. The molecule has 0 unspecified atom stereocenters. The standard InChI is InChI=1S/C24H22N2O6/c1-4-31-17-11-10-16(13-18(17)30-3)21-20(22(27)15-8-6-5-7-9-15)23(28)24(29)26(21)19-12-14(2)32-25-19/h5-13,21,27H,4H2,1-3H3/t21-/m1/s1. The van der Waals surface area contributed by atoms with Gasteiger partial charge in [0, 0.05) is 11.6 Å². The highest BCUT2D eigenvalue weighted by molar-refractivity contribution is 6.51. The number of methoxy groups -OCH3 is 1. The Morgan fingerprint density at radius 3 is 2.50 bits per heavy atom. The molecule has 1 aliphatic rings. The third-order valence-corrected chi connectivity index (χ3v) is 5.16. The molecule has 8 nitrogen and oxygen atoms in total.